The Labute approximate surface area is 164 Å². The molecule has 6 nitrogen and oxygen atoms in total. The summed E-state index contributed by atoms with van der Waals surface area (Å²) < 4.78 is 38.3. The Bertz CT molecular complexity index is 1080. The summed E-state index contributed by atoms with van der Waals surface area (Å²) in [5.41, 5.74) is 2.10. The fraction of sp³-hybridized carbons (Fsp3) is 0.0952. The predicted molar refractivity (Wildman–Crippen MR) is 110 cm³/mol. The van der Waals surface area contributed by atoms with E-state index in [-0.39, 0.29) is 4.90 Å². The number of pyridine rings is 1. The molecule has 0 spiro atoms. The van der Waals surface area contributed by atoms with E-state index >= 15 is 0 Å². The van der Waals surface area contributed by atoms with Crippen LogP contribution in [0, 0.1) is 0 Å². The van der Waals surface area contributed by atoms with Crippen LogP contribution in [-0.2, 0) is 10.0 Å². The van der Waals surface area contributed by atoms with E-state index in [0.29, 0.717) is 17.3 Å². The summed E-state index contributed by atoms with van der Waals surface area (Å²) in [7, 11) is -0.639. The number of benzene rings is 2. The van der Waals surface area contributed by atoms with Crippen LogP contribution in [0.4, 0.5) is 5.69 Å². The largest absolute Gasteiger partial charge is 0.497 e. The van der Waals surface area contributed by atoms with Gasteiger partial charge in [-0.3, -0.25) is 4.72 Å². The van der Waals surface area contributed by atoms with Gasteiger partial charge in [-0.25, -0.2) is 13.4 Å². The van der Waals surface area contributed by atoms with E-state index < -0.39 is 10.0 Å². The molecule has 1 heterocycles. The van der Waals surface area contributed by atoms with Crippen LogP contribution in [0.25, 0.3) is 12.2 Å². The average molecular weight is 396 g/mol. The van der Waals surface area contributed by atoms with E-state index in [1.807, 2.05) is 30.4 Å². The van der Waals surface area contributed by atoms with E-state index in [1.54, 1.807) is 43.6 Å². The van der Waals surface area contributed by atoms with Crippen molar-refractivity contribution in [2.24, 2.45) is 0 Å². The Balaban J connectivity index is 1.86. The van der Waals surface area contributed by atoms with Crippen molar-refractivity contribution < 1.29 is 17.9 Å². The Morgan fingerprint density at radius 1 is 0.929 bits per heavy atom. The van der Waals surface area contributed by atoms with Gasteiger partial charge in [0.05, 0.1) is 24.8 Å². The smallest absolute Gasteiger partial charge is 0.261 e. The molecule has 2 aromatic carbocycles. The zero-order chi connectivity index (χ0) is 20.0. The maximum atomic E-state index is 12.7. The van der Waals surface area contributed by atoms with Gasteiger partial charge in [-0.05, 0) is 47.5 Å². The number of hydrogen-bond acceptors (Lipinski definition) is 5. The second-order valence-electron chi connectivity index (χ2n) is 5.83. The van der Waals surface area contributed by atoms with Crippen LogP contribution >= 0.6 is 0 Å². The van der Waals surface area contributed by atoms with Crippen molar-refractivity contribution >= 4 is 27.9 Å². The molecule has 0 radical (unpaired) electrons. The second kappa shape index (κ2) is 8.58. The lowest BCUT2D eigenvalue weighted by atomic mass is 10.1. The lowest BCUT2D eigenvalue weighted by Crippen LogP contribution is -2.13. The first-order chi connectivity index (χ1) is 13.5. The van der Waals surface area contributed by atoms with Crippen molar-refractivity contribution in [1.29, 1.82) is 0 Å². The molecule has 0 unspecified atom stereocenters. The number of rotatable bonds is 7. The van der Waals surface area contributed by atoms with Gasteiger partial charge < -0.3 is 9.47 Å². The van der Waals surface area contributed by atoms with Crippen LogP contribution in [0.2, 0.25) is 0 Å². The molecular weight excluding hydrogens is 376 g/mol. The maximum absolute atomic E-state index is 12.7. The molecule has 1 N–H and O–H groups in total. The molecule has 7 heteroatoms. The quantitative estimate of drug-likeness (QED) is 0.651. The summed E-state index contributed by atoms with van der Waals surface area (Å²) in [6.45, 7) is 0. The Hall–Kier alpha value is -3.32. The predicted octanol–water partition coefficient (Wildman–Crippen LogP) is 4.07. The highest BCUT2D eigenvalue weighted by Gasteiger charge is 2.15. The summed E-state index contributed by atoms with van der Waals surface area (Å²) >= 11 is 0. The standard InChI is InChI=1S/C21H20N2O4S/c1-26-18-9-11-19(12-10-18)28(24,25)23-20-6-4-3-5-17(20)8-7-16-13-14-22-21(15-16)27-2/h3-15,23H,1-2H3. The number of hydrogen-bond donors (Lipinski definition) is 1. The first kappa shape index (κ1) is 19.4. The van der Waals surface area contributed by atoms with E-state index in [0.717, 1.165) is 11.1 Å². The molecule has 0 amide bonds. The number of anilines is 1. The number of sulfonamides is 1. The number of para-hydroxylation sites is 1. The maximum Gasteiger partial charge on any atom is 0.261 e. The Morgan fingerprint density at radius 3 is 2.39 bits per heavy atom. The number of methoxy groups -OCH3 is 2. The summed E-state index contributed by atoms with van der Waals surface area (Å²) in [5, 5.41) is 0. The van der Waals surface area contributed by atoms with E-state index in [1.165, 1.54) is 19.2 Å². The minimum atomic E-state index is -3.72. The summed E-state index contributed by atoms with van der Waals surface area (Å²) in [4.78, 5) is 4.23. The van der Waals surface area contributed by atoms with Crippen molar-refractivity contribution in [1.82, 2.24) is 4.98 Å². The number of nitrogens with one attached hydrogen (secondary N) is 1. The lowest BCUT2D eigenvalue weighted by molar-refractivity contribution is 0.398. The third-order valence-corrected chi connectivity index (χ3v) is 5.38. The van der Waals surface area contributed by atoms with Crippen LogP contribution in [0.15, 0.2) is 71.8 Å². The molecule has 0 fully saturated rings. The van der Waals surface area contributed by atoms with Gasteiger partial charge in [0.1, 0.15) is 5.75 Å². The molecule has 0 aliphatic heterocycles. The first-order valence-corrected chi connectivity index (χ1v) is 9.94. The lowest BCUT2D eigenvalue weighted by Gasteiger charge is -2.11. The molecular formula is C21H20N2O4S. The van der Waals surface area contributed by atoms with Crippen LogP contribution < -0.4 is 14.2 Å². The third-order valence-electron chi connectivity index (χ3n) is 4.00. The van der Waals surface area contributed by atoms with Gasteiger partial charge >= 0.3 is 0 Å². The van der Waals surface area contributed by atoms with Gasteiger partial charge in [0.2, 0.25) is 5.88 Å². The van der Waals surface area contributed by atoms with Crippen molar-refractivity contribution in [3.8, 4) is 11.6 Å². The van der Waals surface area contributed by atoms with Gasteiger partial charge in [0.25, 0.3) is 10.0 Å². The molecule has 0 saturated heterocycles. The molecule has 1 aromatic heterocycles. The van der Waals surface area contributed by atoms with E-state index in [2.05, 4.69) is 9.71 Å². The summed E-state index contributed by atoms with van der Waals surface area (Å²) in [6, 6.07) is 17.0. The number of nitrogens with zero attached hydrogens (tertiary/aromatic N) is 1. The average Bonchev–Trinajstić information content (AvgIpc) is 2.73. The highest BCUT2D eigenvalue weighted by atomic mass is 32.2. The van der Waals surface area contributed by atoms with Crippen LogP contribution in [0.1, 0.15) is 11.1 Å². The monoisotopic (exact) mass is 396 g/mol. The molecule has 0 bridgehead atoms. The first-order valence-electron chi connectivity index (χ1n) is 8.46. The fourth-order valence-electron chi connectivity index (χ4n) is 2.52. The van der Waals surface area contributed by atoms with Gasteiger partial charge in [-0.15, -0.1) is 0 Å². The van der Waals surface area contributed by atoms with E-state index in [4.69, 9.17) is 9.47 Å². The summed E-state index contributed by atoms with van der Waals surface area (Å²) in [5.74, 6) is 1.10. The zero-order valence-corrected chi connectivity index (χ0v) is 16.3. The fourth-order valence-corrected chi connectivity index (χ4v) is 3.61. The van der Waals surface area contributed by atoms with Crippen molar-refractivity contribution in [3.63, 3.8) is 0 Å². The SMILES string of the molecule is COc1ccc(S(=O)(=O)Nc2ccccc2C=Cc2ccnc(OC)c2)cc1. The van der Waals surface area contributed by atoms with Crippen molar-refractivity contribution in [3.05, 3.63) is 78.0 Å². The van der Waals surface area contributed by atoms with Crippen molar-refractivity contribution in [2.45, 2.75) is 4.90 Å². The molecule has 0 saturated carbocycles. The van der Waals surface area contributed by atoms with Crippen molar-refractivity contribution in [2.75, 3.05) is 18.9 Å². The van der Waals surface area contributed by atoms with Crippen LogP contribution in [0.3, 0.4) is 0 Å². The molecule has 28 heavy (non-hydrogen) atoms. The number of aromatic nitrogens is 1. The van der Waals surface area contributed by atoms with Gasteiger partial charge in [-0.2, -0.15) is 0 Å². The zero-order valence-electron chi connectivity index (χ0n) is 15.5. The van der Waals surface area contributed by atoms with Gasteiger partial charge in [-0.1, -0.05) is 30.4 Å². The minimum Gasteiger partial charge on any atom is -0.497 e. The highest BCUT2D eigenvalue weighted by molar-refractivity contribution is 7.92. The molecule has 0 aliphatic carbocycles. The molecule has 0 aliphatic rings. The Morgan fingerprint density at radius 2 is 1.68 bits per heavy atom. The van der Waals surface area contributed by atoms with Crippen LogP contribution in [-0.4, -0.2) is 27.6 Å². The summed E-state index contributed by atoms with van der Waals surface area (Å²) in [6.07, 6.45) is 5.35. The van der Waals surface area contributed by atoms with E-state index in [9.17, 15) is 8.42 Å². The molecule has 3 rings (SSSR count). The number of ether oxygens (including phenoxy) is 2. The third kappa shape index (κ3) is 4.69. The molecule has 0 atom stereocenters. The topological polar surface area (TPSA) is 77.5 Å². The second-order valence-corrected chi connectivity index (χ2v) is 7.52. The Kier molecular flexibility index (Phi) is 5.96. The molecule has 144 valence electrons. The van der Waals surface area contributed by atoms with Crippen LogP contribution in [0.5, 0.6) is 11.6 Å². The minimum absolute atomic E-state index is 0.158. The molecule has 3 aromatic rings. The van der Waals surface area contributed by atoms with Gasteiger partial charge in [0.15, 0.2) is 0 Å². The normalized spacial score (nSPS) is 11.4. The van der Waals surface area contributed by atoms with Gasteiger partial charge in [0, 0.05) is 12.3 Å². The highest BCUT2D eigenvalue weighted by Crippen LogP contribution is 2.23.